The number of aliphatic hydroxyl groups excluding tert-OH is 1. The number of ether oxygens (including phenoxy) is 1. The second kappa shape index (κ2) is 14.4. The normalized spacial score (nSPS) is 16.4. The van der Waals surface area contributed by atoms with Crippen LogP contribution in [0.25, 0.3) is 0 Å². The monoisotopic (exact) mass is 523 g/mol. The van der Waals surface area contributed by atoms with Gasteiger partial charge < -0.3 is 25.0 Å². The quantitative estimate of drug-likeness (QED) is 0.259. The Kier molecular flexibility index (Phi) is 11.7. The third-order valence-corrected chi connectivity index (χ3v) is 5.65. The maximum atomic E-state index is 13.1. The Labute approximate surface area is 215 Å². The zero-order chi connectivity index (χ0) is 27.5. The van der Waals surface area contributed by atoms with Crippen LogP contribution in [0.5, 0.6) is 0 Å². The lowest BCUT2D eigenvalue weighted by atomic mass is 9.98. The van der Waals surface area contributed by atoms with E-state index in [0.29, 0.717) is 25.8 Å². The smallest absolute Gasteiger partial charge is 0.360 e. The first-order valence-electron chi connectivity index (χ1n) is 12.4. The highest BCUT2D eigenvalue weighted by molar-refractivity contribution is 5.95. The van der Waals surface area contributed by atoms with Crippen LogP contribution in [0.3, 0.4) is 0 Å². The van der Waals surface area contributed by atoms with Gasteiger partial charge in [-0.1, -0.05) is 32.9 Å². The molecule has 13 nitrogen and oxygen atoms in total. The molecule has 0 unspecified atom stereocenters. The van der Waals surface area contributed by atoms with Crippen LogP contribution in [0.2, 0.25) is 0 Å². The number of carbonyl (C=O) groups is 5. The van der Waals surface area contributed by atoms with Crippen molar-refractivity contribution in [2.75, 3.05) is 19.7 Å². The standard InChI is InChI=1S/C24H37N5O8/c1-14(2)10-20(32)25-9-7-21(33)29-18(6-5-8-26-29)23(34)27-22(15(3)4)19(31)13-36-24(35)17-11-16(12-30)37-28-17/h11,14-15,18,22,26,30H,5-10,12-13H2,1-4H3,(H,25,32)(H,27,34)/t18-,22+/m0/s1. The first-order valence-corrected chi connectivity index (χ1v) is 12.4. The van der Waals surface area contributed by atoms with Gasteiger partial charge in [0.25, 0.3) is 0 Å². The number of amides is 3. The zero-order valence-electron chi connectivity index (χ0n) is 21.7. The van der Waals surface area contributed by atoms with Gasteiger partial charge in [0.1, 0.15) is 12.6 Å². The molecular weight excluding hydrogens is 486 g/mol. The minimum absolute atomic E-state index is 0.0170. The van der Waals surface area contributed by atoms with Gasteiger partial charge in [-0.25, -0.2) is 10.2 Å². The lowest BCUT2D eigenvalue weighted by molar-refractivity contribution is -0.147. The van der Waals surface area contributed by atoms with Crippen molar-refractivity contribution in [3.8, 4) is 0 Å². The average molecular weight is 524 g/mol. The SMILES string of the molecule is CC(C)CC(=O)NCCC(=O)N1NCCC[C@H]1C(=O)N[C@@H](C(=O)COC(=O)c1cc(CO)on1)C(C)C. The summed E-state index contributed by atoms with van der Waals surface area (Å²) in [6, 6.07) is -0.595. The Morgan fingerprint density at radius 3 is 2.59 bits per heavy atom. The second-order valence-electron chi connectivity index (χ2n) is 9.64. The molecule has 0 saturated carbocycles. The number of ketones is 1. The van der Waals surface area contributed by atoms with E-state index in [9.17, 15) is 24.0 Å². The minimum atomic E-state index is -0.959. The molecule has 1 saturated heterocycles. The zero-order valence-corrected chi connectivity index (χ0v) is 21.7. The number of hydrogen-bond acceptors (Lipinski definition) is 10. The molecule has 2 heterocycles. The topological polar surface area (TPSA) is 180 Å². The van der Waals surface area contributed by atoms with Gasteiger partial charge in [-0.15, -0.1) is 0 Å². The first-order chi connectivity index (χ1) is 17.5. The third kappa shape index (κ3) is 9.25. The van der Waals surface area contributed by atoms with Crippen molar-refractivity contribution in [2.24, 2.45) is 11.8 Å². The fourth-order valence-electron chi connectivity index (χ4n) is 3.77. The van der Waals surface area contributed by atoms with E-state index in [0.717, 1.165) is 0 Å². The molecule has 1 fully saturated rings. The van der Waals surface area contributed by atoms with Crippen molar-refractivity contribution >= 4 is 29.5 Å². The van der Waals surface area contributed by atoms with Crippen molar-refractivity contribution in [2.45, 2.75) is 72.1 Å². The summed E-state index contributed by atoms with van der Waals surface area (Å²) in [5.41, 5.74) is 2.75. The Hall–Kier alpha value is -3.32. The number of nitrogens with zero attached hydrogens (tertiary/aromatic N) is 2. The molecular formula is C24H37N5O8. The highest BCUT2D eigenvalue weighted by Crippen LogP contribution is 2.14. The maximum absolute atomic E-state index is 13.1. The number of Topliss-reactive ketones (excluding diaryl/α,β-unsaturated/α-hetero) is 1. The number of esters is 1. The van der Waals surface area contributed by atoms with Crippen LogP contribution in [-0.2, 0) is 30.5 Å². The molecule has 4 N–H and O–H groups in total. The van der Waals surface area contributed by atoms with Crippen LogP contribution >= 0.6 is 0 Å². The predicted molar refractivity (Wildman–Crippen MR) is 129 cm³/mol. The largest absolute Gasteiger partial charge is 0.453 e. The molecule has 1 aliphatic rings. The van der Waals surface area contributed by atoms with E-state index in [1.165, 1.54) is 11.1 Å². The molecule has 2 atom stereocenters. The summed E-state index contributed by atoms with van der Waals surface area (Å²) >= 11 is 0. The lowest BCUT2D eigenvalue weighted by Crippen LogP contribution is -2.61. The Bertz CT molecular complexity index is 961. The van der Waals surface area contributed by atoms with Gasteiger partial charge in [0.15, 0.2) is 23.8 Å². The molecule has 1 aliphatic heterocycles. The molecule has 0 aromatic carbocycles. The van der Waals surface area contributed by atoms with Gasteiger partial charge in [-0.3, -0.25) is 24.2 Å². The van der Waals surface area contributed by atoms with E-state index in [4.69, 9.17) is 14.4 Å². The molecule has 1 aromatic rings. The number of hydrogen-bond donors (Lipinski definition) is 4. The lowest BCUT2D eigenvalue weighted by Gasteiger charge is -2.36. The predicted octanol–water partition coefficient (Wildman–Crippen LogP) is 0.0816. The highest BCUT2D eigenvalue weighted by atomic mass is 16.5. The molecule has 0 aliphatic carbocycles. The Morgan fingerprint density at radius 2 is 1.97 bits per heavy atom. The molecule has 2 rings (SSSR count). The van der Waals surface area contributed by atoms with E-state index >= 15 is 0 Å². The molecule has 37 heavy (non-hydrogen) atoms. The van der Waals surface area contributed by atoms with Crippen molar-refractivity contribution in [3.05, 3.63) is 17.5 Å². The number of carbonyl (C=O) groups excluding carboxylic acids is 5. The second-order valence-corrected chi connectivity index (χ2v) is 9.64. The van der Waals surface area contributed by atoms with E-state index in [1.807, 2.05) is 13.8 Å². The van der Waals surface area contributed by atoms with E-state index in [-0.39, 0.29) is 48.1 Å². The molecule has 206 valence electrons. The van der Waals surface area contributed by atoms with Gasteiger partial charge in [0.2, 0.25) is 17.7 Å². The summed E-state index contributed by atoms with van der Waals surface area (Å²) in [6.45, 7) is 6.94. The molecule has 1 aromatic heterocycles. The summed E-state index contributed by atoms with van der Waals surface area (Å²) in [5.74, 6) is -2.47. The Morgan fingerprint density at radius 1 is 1.24 bits per heavy atom. The van der Waals surface area contributed by atoms with E-state index in [2.05, 4.69) is 21.2 Å². The van der Waals surface area contributed by atoms with Gasteiger partial charge in [-0.2, -0.15) is 0 Å². The van der Waals surface area contributed by atoms with Gasteiger partial charge in [0, 0.05) is 32.0 Å². The number of aliphatic hydroxyl groups is 1. The third-order valence-electron chi connectivity index (χ3n) is 5.65. The summed E-state index contributed by atoms with van der Waals surface area (Å²) in [4.78, 5) is 62.6. The van der Waals surface area contributed by atoms with Crippen LogP contribution < -0.4 is 16.1 Å². The number of rotatable bonds is 13. The van der Waals surface area contributed by atoms with Gasteiger partial charge in [0.05, 0.1) is 6.04 Å². The molecule has 3 amide bonds. The highest BCUT2D eigenvalue weighted by Gasteiger charge is 2.35. The van der Waals surface area contributed by atoms with Crippen LogP contribution in [0.4, 0.5) is 0 Å². The number of hydrazine groups is 1. The number of nitrogens with one attached hydrogen (secondary N) is 3. The van der Waals surface area contributed by atoms with E-state index < -0.39 is 43.0 Å². The van der Waals surface area contributed by atoms with Crippen molar-refractivity contribution in [1.29, 1.82) is 0 Å². The fourth-order valence-corrected chi connectivity index (χ4v) is 3.77. The molecule has 0 bridgehead atoms. The minimum Gasteiger partial charge on any atom is -0.453 e. The van der Waals surface area contributed by atoms with Crippen molar-refractivity contribution in [3.63, 3.8) is 0 Å². The first kappa shape index (κ1) is 29.9. The molecule has 0 radical (unpaired) electrons. The van der Waals surface area contributed by atoms with E-state index in [1.54, 1.807) is 13.8 Å². The van der Waals surface area contributed by atoms with Gasteiger partial charge in [-0.05, 0) is 24.7 Å². The summed E-state index contributed by atoms with van der Waals surface area (Å²) < 4.78 is 9.72. The van der Waals surface area contributed by atoms with Crippen molar-refractivity contribution < 1.29 is 38.3 Å². The average Bonchev–Trinajstić information content (AvgIpc) is 3.34. The molecule has 0 spiro atoms. The summed E-state index contributed by atoms with van der Waals surface area (Å²) in [7, 11) is 0. The van der Waals surface area contributed by atoms with Crippen LogP contribution in [-0.4, -0.2) is 76.5 Å². The molecule has 13 heteroatoms. The van der Waals surface area contributed by atoms with Crippen LogP contribution in [0.1, 0.15) is 69.6 Å². The Balaban J connectivity index is 1.94. The summed E-state index contributed by atoms with van der Waals surface area (Å²) in [5, 5.41) is 19.1. The number of aromatic nitrogens is 1. The van der Waals surface area contributed by atoms with Crippen molar-refractivity contribution in [1.82, 2.24) is 26.2 Å². The van der Waals surface area contributed by atoms with Crippen LogP contribution in [0, 0.1) is 11.8 Å². The fraction of sp³-hybridized carbons (Fsp3) is 0.667. The summed E-state index contributed by atoms with van der Waals surface area (Å²) in [6.07, 6.45) is 1.43. The maximum Gasteiger partial charge on any atom is 0.360 e. The van der Waals surface area contributed by atoms with Crippen LogP contribution in [0.15, 0.2) is 10.6 Å². The van der Waals surface area contributed by atoms with Gasteiger partial charge >= 0.3 is 5.97 Å².